The molecule has 0 spiro atoms. The molecule has 1 aliphatic heterocycles. The van der Waals surface area contributed by atoms with Crippen LogP contribution in [0.5, 0.6) is 0 Å². The second-order valence-corrected chi connectivity index (χ2v) is 13.7. The average molecular weight is 532 g/mol. The Bertz CT molecular complexity index is 1020. The Morgan fingerprint density at radius 1 is 0.500 bits per heavy atom. The molecule has 1 saturated heterocycles. The van der Waals surface area contributed by atoms with Crippen LogP contribution < -0.4 is 10.4 Å². The average Bonchev–Trinajstić information content (AvgIpc) is 2.87. The zero-order chi connectivity index (χ0) is 21.7. The van der Waals surface area contributed by atoms with Gasteiger partial charge in [-0.3, -0.25) is 0 Å². The standard InChI is InChI=1S/C30H32NSi.CH4.BrH/c1-5-13-27(14-6-1)25-31(26-28-15-7-2-8-16-28)21-23-32(24-22-31,29-17-9-3-10-18-29)30-19-11-4-12-20-30;;/h1-20H,21-26H2;1H4;1H/q+1;;. The minimum absolute atomic E-state index is 0. The predicted molar refractivity (Wildman–Crippen MR) is 155 cm³/mol. The molecule has 1 nitrogen and oxygen atoms in total. The van der Waals surface area contributed by atoms with Gasteiger partial charge in [0.1, 0.15) is 21.2 Å². The molecule has 34 heavy (non-hydrogen) atoms. The first-order valence-electron chi connectivity index (χ1n) is 11.8. The Morgan fingerprint density at radius 3 is 1.18 bits per heavy atom. The van der Waals surface area contributed by atoms with Gasteiger partial charge in [0.25, 0.3) is 0 Å². The topological polar surface area (TPSA) is 0 Å². The summed E-state index contributed by atoms with van der Waals surface area (Å²) in [5.74, 6) is 0. The lowest BCUT2D eigenvalue weighted by Gasteiger charge is -2.48. The molecule has 4 aromatic rings. The second-order valence-electron chi connectivity index (χ2n) is 9.39. The van der Waals surface area contributed by atoms with Crippen molar-refractivity contribution in [2.24, 2.45) is 0 Å². The van der Waals surface area contributed by atoms with Gasteiger partial charge in [0.05, 0.1) is 13.1 Å². The summed E-state index contributed by atoms with van der Waals surface area (Å²) in [6.07, 6.45) is 0. The predicted octanol–water partition coefficient (Wildman–Crippen LogP) is 6.69. The van der Waals surface area contributed by atoms with Crippen molar-refractivity contribution in [2.75, 3.05) is 13.1 Å². The minimum Gasteiger partial charge on any atom is -0.317 e. The summed E-state index contributed by atoms with van der Waals surface area (Å²) in [4.78, 5) is 0. The maximum atomic E-state index is 2.40. The van der Waals surface area contributed by atoms with Crippen LogP contribution in [0, 0.1) is 0 Å². The molecule has 5 rings (SSSR count). The molecule has 0 N–H and O–H groups in total. The van der Waals surface area contributed by atoms with E-state index in [0.29, 0.717) is 0 Å². The highest BCUT2D eigenvalue weighted by atomic mass is 79.9. The van der Waals surface area contributed by atoms with Gasteiger partial charge in [-0.25, -0.2) is 0 Å². The third kappa shape index (κ3) is 5.60. The summed E-state index contributed by atoms with van der Waals surface area (Å²) < 4.78 is 1.16. The lowest BCUT2D eigenvalue weighted by atomic mass is 10.1. The molecular weight excluding hydrogens is 494 g/mol. The van der Waals surface area contributed by atoms with Crippen molar-refractivity contribution < 1.29 is 4.48 Å². The molecule has 0 amide bonds. The first kappa shape index (κ1) is 26.1. The van der Waals surface area contributed by atoms with Gasteiger partial charge in [-0.1, -0.05) is 139 Å². The van der Waals surface area contributed by atoms with Crippen molar-refractivity contribution in [1.29, 1.82) is 0 Å². The Labute approximate surface area is 217 Å². The molecule has 3 heteroatoms. The highest BCUT2D eigenvalue weighted by Gasteiger charge is 2.46. The van der Waals surface area contributed by atoms with Gasteiger partial charge in [-0.15, -0.1) is 17.0 Å². The smallest absolute Gasteiger partial charge is 0.129 e. The van der Waals surface area contributed by atoms with E-state index in [1.807, 2.05) is 0 Å². The van der Waals surface area contributed by atoms with E-state index >= 15 is 0 Å². The van der Waals surface area contributed by atoms with E-state index in [1.54, 1.807) is 10.4 Å². The van der Waals surface area contributed by atoms with Crippen molar-refractivity contribution >= 4 is 35.4 Å². The number of quaternary nitrogens is 1. The van der Waals surface area contributed by atoms with Gasteiger partial charge in [0, 0.05) is 23.2 Å². The number of hydrogen-bond acceptors (Lipinski definition) is 0. The molecule has 0 aromatic heterocycles. The summed E-state index contributed by atoms with van der Waals surface area (Å²) in [6, 6.07) is 47.7. The Balaban J connectivity index is 0.00000162. The lowest BCUT2D eigenvalue weighted by molar-refractivity contribution is -0.951. The van der Waals surface area contributed by atoms with Crippen LogP contribution in [-0.4, -0.2) is 25.6 Å². The van der Waals surface area contributed by atoms with Gasteiger partial charge >= 0.3 is 0 Å². The highest BCUT2D eigenvalue weighted by Crippen LogP contribution is 2.32. The third-order valence-corrected chi connectivity index (χ3v) is 12.4. The van der Waals surface area contributed by atoms with E-state index in [2.05, 4.69) is 121 Å². The van der Waals surface area contributed by atoms with Gasteiger partial charge < -0.3 is 4.48 Å². The molecular formula is C31H37BrNSi+. The summed E-state index contributed by atoms with van der Waals surface area (Å²) in [6.45, 7) is 4.70. The highest BCUT2D eigenvalue weighted by molar-refractivity contribution is 8.93. The SMILES string of the molecule is Br.C.c1ccc(C[N+]2(Cc3ccccc3)CC[Si](c3ccccc3)(c3ccccc3)CC2)cc1. The van der Waals surface area contributed by atoms with E-state index in [-0.39, 0.29) is 24.4 Å². The van der Waals surface area contributed by atoms with E-state index in [1.165, 1.54) is 36.3 Å². The van der Waals surface area contributed by atoms with Crippen LogP contribution in [0.1, 0.15) is 18.6 Å². The van der Waals surface area contributed by atoms with Gasteiger partial charge in [-0.05, 0) is 0 Å². The van der Waals surface area contributed by atoms with Crippen LogP contribution in [0.3, 0.4) is 0 Å². The molecule has 0 atom stereocenters. The van der Waals surface area contributed by atoms with E-state index in [9.17, 15) is 0 Å². The van der Waals surface area contributed by atoms with Crippen LogP contribution >= 0.6 is 17.0 Å². The number of benzene rings is 4. The fraction of sp³-hybridized carbons (Fsp3) is 0.226. The molecule has 0 unspecified atom stereocenters. The van der Waals surface area contributed by atoms with Crippen LogP contribution in [-0.2, 0) is 13.1 Å². The zero-order valence-corrected chi connectivity index (χ0v) is 21.9. The molecule has 1 heterocycles. The molecule has 176 valence electrons. The lowest BCUT2D eigenvalue weighted by Crippen LogP contribution is -2.67. The zero-order valence-electron chi connectivity index (χ0n) is 19.1. The van der Waals surface area contributed by atoms with Gasteiger partial charge in [0.2, 0.25) is 0 Å². The third-order valence-electron chi connectivity index (χ3n) is 7.40. The molecule has 0 radical (unpaired) electrons. The maximum Gasteiger partial charge on any atom is 0.129 e. The van der Waals surface area contributed by atoms with Crippen molar-refractivity contribution in [3.05, 3.63) is 132 Å². The first-order valence-corrected chi connectivity index (χ1v) is 14.2. The summed E-state index contributed by atoms with van der Waals surface area (Å²) in [7, 11) is -1.77. The number of rotatable bonds is 6. The van der Waals surface area contributed by atoms with Gasteiger partial charge in [-0.2, -0.15) is 0 Å². The monoisotopic (exact) mass is 530 g/mol. The van der Waals surface area contributed by atoms with Crippen LogP contribution in [0.4, 0.5) is 0 Å². The second kappa shape index (κ2) is 11.8. The van der Waals surface area contributed by atoms with Crippen molar-refractivity contribution in [3.63, 3.8) is 0 Å². The quantitative estimate of drug-likeness (QED) is 0.192. The largest absolute Gasteiger partial charge is 0.317 e. The van der Waals surface area contributed by atoms with Crippen molar-refractivity contribution in [1.82, 2.24) is 0 Å². The van der Waals surface area contributed by atoms with Crippen molar-refractivity contribution in [3.8, 4) is 0 Å². The summed E-state index contributed by atoms with van der Waals surface area (Å²) in [5, 5.41) is 3.20. The number of hydrogen-bond donors (Lipinski definition) is 0. The van der Waals surface area contributed by atoms with Crippen LogP contribution in [0.2, 0.25) is 12.1 Å². The molecule has 0 bridgehead atoms. The maximum absolute atomic E-state index is 2.40. The number of halogens is 1. The summed E-state index contributed by atoms with van der Waals surface area (Å²) >= 11 is 0. The van der Waals surface area contributed by atoms with E-state index in [4.69, 9.17) is 0 Å². The molecule has 0 aliphatic carbocycles. The Morgan fingerprint density at radius 2 is 0.824 bits per heavy atom. The first-order chi connectivity index (χ1) is 15.8. The van der Waals surface area contributed by atoms with Crippen LogP contribution in [0.25, 0.3) is 0 Å². The van der Waals surface area contributed by atoms with E-state index < -0.39 is 8.07 Å². The van der Waals surface area contributed by atoms with Crippen molar-refractivity contribution in [2.45, 2.75) is 32.6 Å². The Hall–Kier alpha value is -2.46. The van der Waals surface area contributed by atoms with E-state index in [0.717, 1.165) is 17.6 Å². The van der Waals surface area contributed by atoms with Crippen LogP contribution in [0.15, 0.2) is 121 Å². The number of nitrogens with zero attached hydrogens (tertiary/aromatic N) is 1. The fourth-order valence-electron chi connectivity index (χ4n) is 5.66. The molecule has 4 aromatic carbocycles. The summed E-state index contributed by atoms with van der Waals surface area (Å²) in [5.41, 5.74) is 2.91. The van der Waals surface area contributed by atoms with Gasteiger partial charge in [0.15, 0.2) is 0 Å². The molecule has 1 aliphatic rings. The normalized spacial score (nSPS) is 16.0. The molecule has 1 fully saturated rings. The Kier molecular flexibility index (Phi) is 9.07. The molecule has 0 saturated carbocycles. The fourth-order valence-corrected chi connectivity index (χ4v) is 10.8. The minimum atomic E-state index is -1.77.